The zero-order valence-corrected chi connectivity index (χ0v) is 14.5. The van der Waals surface area contributed by atoms with Gasteiger partial charge in [-0.05, 0) is 24.3 Å². The predicted octanol–water partition coefficient (Wildman–Crippen LogP) is 2.46. The lowest BCUT2D eigenvalue weighted by Gasteiger charge is -2.30. The van der Waals surface area contributed by atoms with Crippen molar-refractivity contribution in [3.8, 4) is 10.6 Å². The van der Waals surface area contributed by atoms with E-state index in [0.29, 0.717) is 31.6 Å². The second kappa shape index (κ2) is 6.03. The first kappa shape index (κ1) is 15.3. The monoisotopic (exact) mass is 360 g/mol. The van der Waals surface area contributed by atoms with E-state index in [1.165, 1.54) is 11.3 Å². The number of rotatable bonds is 3. The van der Waals surface area contributed by atoms with E-state index in [1.807, 2.05) is 33.5 Å². The number of imidazole rings is 1. The number of carbonyl (C=O) groups excluding carboxylic acids is 2. The number of thiophene rings is 1. The predicted molar refractivity (Wildman–Crippen MR) is 94.2 cm³/mol. The average Bonchev–Trinajstić information content (AvgIpc) is 3.30. The summed E-state index contributed by atoms with van der Waals surface area (Å²) >= 11 is 3.09. The number of fused-ring (bicyclic) bond motifs is 1. The first-order valence-corrected chi connectivity index (χ1v) is 9.48. The summed E-state index contributed by atoms with van der Waals surface area (Å²) in [5.74, 6) is -0.398. The van der Waals surface area contributed by atoms with Gasteiger partial charge in [0.1, 0.15) is 11.4 Å². The van der Waals surface area contributed by atoms with Crippen LogP contribution < -0.4 is 5.73 Å². The molecule has 4 heterocycles. The molecule has 1 saturated heterocycles. The van der Waals surface area contributed by atoms with Crippen LogP contribution in [0.3, 0.4) is 0 Å². The van der Waals surface area contributed by atoms with Crippen LogP contribution >= 0.6 is 22.7 Å². The van der Waals surface area contributed by atoms with Gasteiger partial charge in [-0.3, -0.25) is 14.0 Å². The maximum Gasteiger partial charge on any atom is 0.271 e. The Morgan fingerprint density at radius 3 is 2.71 bits per heavy atom. The molecule has 0 aromatic carbocycles. The molecule has 1 fully saturated rings. The van der Waals surface area contributed by atoms with E-state index in [2.05, 4.69) is 4.98 Å². The third-order valence-electron chi connectivity index (χ3n) is 4.39. The van der Waals surface area contributed by atoms with Crippen LogP contribution in [-0.2, 0) is 4.79 Å². The minimum Gasteiger partial charge on any atom is -0.369 e. The Morgan fingerprint density at radius 1 is 1.25 bits per heavy atom. The maximum atomic E-state index is 12.8. The van der Waals surface area contributed by atoms with Crippen LogP contribution in [0, 0.1) is 5.92 Å². The molecule has 0 atom stereocenters. The molecule has 3 aromatic heterocycles. The van der Waals surface area contributed by atoms with Crippen LogP contribution in [0.2, 0.25) is 0 Å². The third-order valence-corrected chi connectivity index (χ3v) is 6.12. The van der Waals surface area contributed by atoms with Crippen LogP contribution in [0.25, 0.3) is 15.5 Å². The van der Waals surface area contributed by atoms with E-state index < -0.39 is 0 Å². The lowest BCUT2D eigenvalue weighted by molar-refractivity contribution is -0.123. The van der Waals surface area contributed by atoms with Gasteiger partial charge in [0, 0.05) is 30.6 Å². The molecule has 2 amide bonds. The number of aromatic nitrogens is 2. The molecule has 1 aliphatic heterocycles. The summed E-state index contributed by atoms with van der Waals surface area (Å²) in [6.07, 6.45) is 3.19. The molecule has 3 aromatic rings. The Morgan fingerprint density at radius 2 is 2.04 bits per heavy atom. The SMILES string of the molecule is NC(=O)C1CCN(C(=O)c2csc3nc(-c4cccs4)cn23)CC1. The van der Waals surface area contributed by atoms with Crippen molar-refractivity contribution in [1.29, 1.82) is 0 Å². The summed E-state index contributed by atoms with van der Waals surface area (Å²) in [5, 5.41) is 3.86. The van der Waals surface area contributed by atoms with Gasteiger partial charge in [-0.2, -0.15) is 0 Å². The van der Waals surface area contributed by atoms with Crippen molar-refractivity contribution in [2.75, 3.05) is 13.1 Å². The van der Waals surface area contributed by atoms with Crippen molar-refractivity contribution in [3.05, 3.63) is 34.8 Å². The minimum atomic E-state index is -0.268. The number of thiazole rings is 1. The molecule has 1 aliphatic rings. The largest absolute Gasteiger partial charge is 0.369 e. The second-order valence-corrected chi connectivity index (χ2v) is 7.63. The molecule has 0 bridgehead atoms. The van der Waals surface area contributed by atoms with E-state index in [0.717, 1.165) is 15.5 Å². The number of piperidine rings is 1. The van der Waals surface area contributed by atoms with Crippen LogP contribution in [0.5, 0.6) is 0 Å². The van der Waals surface area contributed by atoms with Gasteiger partial charge in [0.05, 0.1) is 4.88 Å². The number of hydrogen-bond donors (Lipinski definition) is 1. The number of primary amides is 1. The Labute approximate surface area is 146 Å². The Balaban J connectivity index is 1.58. The molecule has 0 aliphatic carbocycles. The summed E-state index contributed by atoms with van der Waals surface area (Å²) in [5.41, 5.74) is 6.87. The van der Waals surface area contributed by atoms with Gasteiger partial charge in [0.15, 0.2) is 4.96 Å². The number of likely N-dealkylation sites (tertiary alicyclic amines) is 1. The topological polar surface area (TPSA) is 80.7 Å². The van der Waals surface area contributed by atoms with Gasteiger partial charge in [-0.25, -0.2) is 4.98 Å². The van der Waals surface area contributed by atoms with Crippen molar-refractivity contribution in [2.24, 2.45) is 11.7 Å². The van der Waals surface area contributed by atoms with Crippen LogP contribution in [0.15, 0.2) is 29.1 Å². The van der Waals surface area contributed by atoms with E-state index in [4.69, 9.17) is 5.73 Å². The van der Waals surface area contributed by atoms with E-state index in [-0.39, 0.29) is 17.7 Å². The fraction of sp³-hybridized carbons (Fsp3) is 0.312. The minimum absolute atomic E-state index is 0.0145. The summed E-state index contributed by atoms with van der Waals surface area (Å²) in [6, 6.07) is 4.01. The summed E-state index contributed by atoms with van der Waals surface area (Å²) in [4.78, 5) is 32.4. The van der Waals surface area contributed by atoms with Gasteiger partial charge in [-0.15, -0.1) is 22.7 Å². The first-order chi connectivity index (χ1) is 11.6. The summed E-state index contributed by atoms with van der Waals surface area (Å²) in [6.45, 7) is 1.13. The van der Waals surface area contributed by atoms with Crippen molar-refractivity contribution in [3.63, 3.8) is 0 Å². The highest BCUT2D eigenvalue weighted by Crippen LogP contribution is 2.28. The lowest BCUT2D eigenvalue weighted by atomic mass is 9.96. The van der Waals surface area contributed by atoms with Crippen molar-refractivity contribution in [2.45, 2.75) is 12.8 Å². The highest BCUT2D eigenvalue weighted by molar-refractivity contribution is 7.15. The van der Waals surface area contributed by atoms with Gasteiger partial charge < -0.3 is 10.6 Å². The molecular formula is C16H16N4O2S2. The molecule has 0 unspecified atom stereocenters. The van der Waals surface area contributed by atoms with Gasteiger partial charge >= 0.3 is 0 Å². The van der Waals surface area contributed by atoms with E-state index in [9.17, 15) is 9.59 Å². The molecule has 124 valence electrons. The molecule has 2 N–H and O–H groups in total. The second-order valence-electron chi connectivity index (χ2n) is 5.85. The number of nitrogens with zero attached hydrogens (tertiary/aromatic N) is 3. The fourth-order valence-corrected chi connectivity index (χ4v) is 4.54. The van der Waals surface area contributed by atoms with Gasteiger partial charge in [-0.1, -0.05) is 6.07 Å². The van der Waals surface area contributed by atoms with Crippen LogP contribution in [-0.4, -0.2) is 39.2 Å². The average molecular weight is 360 g/mol. The zero-order valence-electron chi connectivity index (χ0n) is 12.8. The first-order valence-electron chi connectivity index (χ1n) is 7.72. The van der Waals surface area contributed by atoms with E-state index >= 15 is 0 Å². The molecule has 6 nitrogen and oxygen atoms in total. The molecular weight excluding hydrogens is 344 g/mol. The quantitative estimate of drug-likeness (QED) is 0.779. The number of carbonyl (C=O) groups is 2. The molecule has 8 heteroatoms. The number of amides is 2. The normalized spacial score (nSPS) is 15.9. The number of hydrogen-bond acceptors (Lipinski definition) is 5. The molecule has 0 saturated carbocycles. The molecule has 0 radical (unpaired) electrons. The fourth-order valence-electron chi connectivity index (χ4n) is 3.01. The molecule has 0 spiro atoms. The highest BCUT2D eigenvalue weighted by atomic mass is 32.1. The van der Waals surface area contributed by atoms with Crippen molar-refractivity contribution in [1.82, 2.24) is 14.3 Å². The smallest absolute Gasteiger partial charge is 0.271 e. The zero-order chi connectivity index (χ0) is 16.7. The van der Waals surface area contributed by atoms with Crippen molar-refractivity contribution < 1.29 is 9.59 Å². The van der Waals surface area contributed by atoms with Gasteiger partial charge in [0.25, 0.3) is 5.91 Å². The lowest BCUT2D eigenvalue weighted by Crippen LogP contribution is -2.42. The Kier molecular flexibility index (Phi) is 3.85. The maximum absolute atomic E-state index is 12.8. The van der Waals surface area contributed by atoms with E-state index in [1.54, 1.807) is 16.2 Å². The number of nitrogens with two attached hydrogens (primary N) is 1. The van der Waals surface area contributed by atoms with Crippen LogP contribution in [0.4, 0.5) is 0 Å². The highest BCUT2D eigenvalue weighted by Gasteiger charge is 2.28. The summed E-state index contributed by atoms with van der Waals surface area (Å²) < 4.78 is 1.86. The third kappa shape index (κ3) is 2.61. The Bertz CT molecular complexity index is 889. The standard InChI is InChI=1S/C16H16N4O2S2/c17-14(21)10-3-5-19(6-4-10)15(22)12-9-24-16-18-11(8-20(12)16)13-2-1-7-23-13/h1-2,7-10H,3-6H2,(H2,17,21). The summed E-state index contributed by atoms with van der Waals surface area (Å²) in [7, 11) is 0. The Hall–Kier alpha value is -2.19. The van der Waals surface area contributed by atoms with Gasteiger partial charge in [0.2, 0.25) is 5.91 Å². The molecule has 24 heavy (non-hydrogen) atoms. The van der Waals surface area contributed by atoms with Crippen LogP contribution in [0.1, 0.15) is 23.3 Å². The molecule has 4 rings (SSSR count). The van der Waals surface area contributed by atoms with Crippen molar-refractivity contribution >= 4 is 39.4 Å².